The van der Waals surface area contributed by atoms with Gasteiger partial charge in [0.1, 0.15) is 0 Å². The van der Waals surface area contributed by atoms with E-state index < -0.39 is 0 Å². The lowest BCUT2D eigenvalue weighted by molar-refractivity contribution is -0.197. The van der Waals surface area contributed by atoms with Gasteiger partial charge in [0.2, 0.25) is 0 Å². The molecule has 0 aromatic heterocycles. The fourth-order valence-electron chi connectivity index (χ4n) is 3.18. The molecule has 2 aliphatic rings. The van der Waals surface area contributed by atoms with Crippen LogP contribution in [0.3, 0.4) is 0 Å². The third-order valence-corrected chi connectivity index (χ3v) is 4.60. The topological polar surface area (TPSA) is 18.5 Å². The van der Waals surface area contributed by atoms with Crippen molar-refractivity contribution in [1.82, 2.24) is 0 Å². The first-order valence-corrected chi connectivity index (χ1v) is 8.60. The zero-order valence-electron chi connectivity index (χ0n) is 13.7. The SMILES string of the molecule is CCC=CC1COC(c2ccc(C3CC=C(F)CC3)cc2)OC1. The molecule has 0 spiro atoms. The van der Waals surface area contributed by atoms with Gasteiger partial charge in [-0.2, -0.15) is 0 Å². The summed E-state index contributed by atoms with van der Waals surface area (Å²) in [5.74, 6) is 0.822. The van der Waals surface area contributed by atoms with Gasteiger partial charge in [-0.1, -0.05) is 49.4 Å². The van der Waals surface area contributed by atoms with Crippen LogP contribution < -0.4 is 0 Å². The van der Waals surface area contributed by atoms with Gasteiger partial charge in [-0.3, -0.25) is 0 Å². The first-order valence-electron chi connectivity index (χ1n) is 8.60. The molecule has 1 aliphatic heterocycles. The molecule has 1 aromatic carbocycles. The number of allylic oxidation sites excluding steroid dienone is 3. The van der Waals surface area contributed by atoms with E-state index in [1.54, 1.807) is 6.08 Å². The molecule has 2 nitrogen and oxygen atoms in total. The van der Waals surface area contributed by atoms with E-state index in [1.807, 2.05) is 0 Å². The van der Waals surface area contributed by atoms with Crippen LogP contribution >= 0.6 is 0 Å². The summed E-state index contributed by atoms with van der Waals surface area (Å²) >= 11 is 0. The van der Waals surface area contributed by atoms with E-state index in [0.29, 0.717) is 31.5 Å². The lowest BCUT2D eigenvalue weighted by atomic mass is 9.87. The Morgan fingerprint density at radius 1 is 1.13 bits per heavy atom. The predicted octanol–water partition coefficient (Wildman–Crippen LogP) is 5.44. The average Bonchev–Trinajstić information content (AvgIpc) is 2.61. The van der Waals surface area contributed by atoms with Crippen molar-refractivity contribution in [3.63, 3.8) is 0 Å². The maximum atomic E-state index is 13.1. The summed E-state index contributed by atoms with van der Waals surface area (Å²) in [7, 11) is 0. The van der Waals surface area contributed by atoms with E-state index in [9.17, 15) is 4.39 Å². The van der Waals surface area contributed by atoms with Gasteiger partial charge in [0.05, 0.1) is 19.0 Å². The number of rotatable bonds is 4. The zero-order chi connectivity index (χ0) is 16.1. The summed E-state index contributed by atoms with van der Waals surface area (Å²) in [5, 5.41) is 0. The molecule has 0 bridgehead atoms. The van der Waals surface area contributed by atoms with E-state index in [4.69, 9.17) is 9.47 Å². The zero-order valence-corrected chi connectivity index (χ0v) is 13.7. The van der Waals surface area contributed by atoms with E-state index in [1.165, 1.54) is 5.56 Å². The summed E-state index contributed by atoms with van der Waals surface area (Å²) in [6.07, 6.45) is 9.09. The number of ether oxygens (including phenoxy) is 2. The summed E-state index contributed by atoms with van der Waals surface area (Å²) in [6.45, 7) is 3.53. The molecule has 0 amide bonds. The summed E-state index contributed by atoms with van der Waals surface area (Å²) in [5.41, 5.74) is 2.33. The van der Waals surface area contributed by atoms with Crippen molar-refractivity contribution in [3.8, 4) is 0 Å². The average molecular weight is 316 g/mol. The van der Waals surface area contributed by atoms with Crippen LogP contribution in [0.4, 0.5) is 4.39 Å². The first-order chi connectivity index (χ1) is 11.3. The monoisotopic (exact) mass is 316 g/mol. The van der Waals surface area contributed by atoms with Crippen molar-refractivity contribution < 1.29 is 13.9 Å². The molecule has 1 atom stereocenters. The Balaban J connectivity index is 1.57. The summed E-state index contributed by atoms with van der Waals surface area (Å²) < 4.78 is 24.8. The predicted molar refractivity (Wildman–Crippen MR) is 89.8 cm³/mol. The van der Waals surface area contributed by atoms with Crippen LogP contribution in [0.1, 0.15) is 55.9 Å². The van der Waals surface area contributed by atoms with Gasteiger partial charge in [0.15, 0.2) is 6.29 Å². The molecule has 1 fully saturated rings. The highest BCUT2D eigenvalue weighted by Crippen LogP contribution is 2.33. The summed E-state index contributed by atoms with van der Waals surface area (Å²) in [4.78, 5) is 0. The Bertz CT molecular complexity index is 554. The number of hydrogen-bond acceptors (Lipinski definition) is 2. The minimum absolute atomic E-state index is 0.0357. The highest BCUT2D eigenvalue weighted by molar-refractivity contribution is 5.28. The Hall–Kier alpha value is -1.45. The van der Waals surface area contributed by atoms with Crippen molar-refractivity contribution >= 4 is 0 Å². The third-order valence-electron chi connectivity index (χ3n) is 4.60. The van der Waals surface area contributed by atoms with Crippen LogP contribution in [0.15, 0.2) is 48.3 Å². The van der Waals surface area contributed by atoms with Crippen LogP contribution in [0, 0.1) is 5.92 Å². The Kier molecular flexibility index (Phi) is 5.63. The van der Waals surface area contributed by atoms with E-state index in [2.05, 4.69) is 43.3 Å². The molecule has 0 radical (unpaired) electrons. The largest absolute Gasteiger partial charge is 0.348 e. The van der Waals surface area contributed by atoms with Gasteiger partial charge in [-0.25, -0.2) is 4.39 Å². The van der Waals surface area contributed by atoms with Crippen LogP contribution in [-0.2, 0) is 9.47 Å². The highest BCUT2D eigenvalue weighted by Gasteiger charge is 2.22. The van der Waals surface area contributed by atoms with Crippen LogP contribution in [0.25, 0.3) is 0 Å². The van der Waals surface area contributed by atoms with Crippen molar-refractivity contribution in [2.24, 2.45) is 5.92 Å². The fourth-order valence-corrected chi connectivity index (χ4v) is 3.18. The third kappa shape index (κ3) is 4.30. The molecule has 3 rings (SSSR count). The standard InChI is InChI=1S/C20H25FO2/c1-2-3-4-15-13-22-20(23-14-15)18-7-5-16(6-8-18)17-9-11-19(21)12-10-17/h3-8,11,15,17,20H,2,9-10,12-14H2,1H3. The van der Waals surface area contributed by atoms with E-state index in [0.717, 1.165) is 24.8 Å². The maximum Gasteiger partial charge on any atom is 0.183 e. The minimum atomic E-state index is -0.265. The second-order valence-electron chi connectivity index (χ2n) is 6.38. The fraction of sp³-hybridized carbons (Fsp3) is 0.500. The first kappa shape index (κ1) is 16.4. The molecule has 1 unspecified atom stereocenters. The quantitative estimate of drug-likeness (QED) is 0.689. The molecular weight excluding hydrogens is 291 g/mol. The lowest BCUT2D eigenvalue weighted by Gasteiger charge is -2.28. The Morgan fingerprint density at radius 2 is 1.83 bits per heavy atom. The molecule has 1 aliphatic carbocycles. The van der Waals surface area contributed by atoms with Gasteiger partial charge >= 0.3 is 0 Å². The number of benzene rings is 1. The second kappa shape index (κ2) is 7.89. The van der Waals surface area contributed by atoms with E-state index >= 15 is 0 Å². The molecule has 23 heavy (non-hydrogen) atoms. The smallest absolute Gasteiger partial charge is 0.183 e. The van der Waals surface area contributed by atoms with Crippen molar-refractivity contribution in [1.29, 1.82) is 0 Å². The van der Waals surface area contributed by atoms with Gasteiger partial charge in [0, 0.05) is 11.5 Å². The maximum absolute atomic E-state index is 13.1. The molecule has 1 aromatic rings. The van der Waals surface area contributed by atoms with Gasteiger partial charge in [0.25, 0.3) is 0 Å². The molecule has 1 heterocycles. The molecule has 124 valence electrons. The van der Waals surface area contributed by atoms with Gasteiger partial charge in [-0.05, 0) is 37.2 Å². The number of halogens is 1. The molecule has 0 N–H and O–H groups in total. The van der Waals surface area contributed by atoms with Crippen molar-refractivity contribution in [2.45, 2.75) is 44.8 Å². The van der Waals surface area contributed by atoms with Crippen molar-refractivity contribution in [2.75, 3.05) is 13.2 Å². The van der Waals surface area contributed by atoms with Crippen LogP contribution in [-0.4, -0.2) is 13.2 Å². The van der Waals surface area contributed by atoms with E-state index in [-0.39, 0.29) is 12.1 Å². The highest BCUT2D eigenvalue weighted by atomic mass is 19.1. The second-order valence-corrected chi connectivity index (χ2v) is 6.38. The van der Waals surface area contributed by atoms with Crippen LogP contribution in [0.5, 0.6) is 0 Å². The Labute approximate surface area is 138 Å². The van der Waals surface area contributed by atoms with Gasteiger partial charge in [-0.15, -0.1) is 0 Å². The van der Waals surface area contributed by atoms with Gasteiger partial charge < -0.3 is 9.47 Å². The van der Waals surface area contributed by atoms with Crippen LogP contribution in [0.2, 0.25) is 0 Å². The minimum Gasteiger partial charge on any atom is -0.348 e. The van der Waals surface area contributed by atoms with Crippen molar-refractivity contribution in [3.05, 3.63) is 59.4 Å². The Morgan fingerprint density at radius 3 is 2.43 bits per heavy atom. The molecule has 3 heteroatoms. The molecule has 0 saturated carbocycles. The lowest BCUT2D eigenvalue weighted by Crippen LogP contribution is -2.25. The normalized spacial score (nSPS) is 28.8. The summed E-state index contributed by atoms with van der Waals surface area (Å²) in [6, 6.07) is 8.42. The molecular formula is C20H25FO2. The number of hydrogen-bond donors (Lipinski definition) is 0. The molecule has 1 saturated heterocycles.